The van der Waals surface area contributed by atoms with Crippen LogP contribution in [0.1, 0.15) is 12.5 Å². The minimum absolute atomic E-state index is 0.227. The zero-order valence-corrected chi connectivity index (χ0v) is 15.9. The number of hydrogen-bond acceptors (Lipinski definition) is 4. The summed E-state index contributed by atoms with van der Waals surface area (Å²) in [6.07, 6.45) is 3.17. The van der Waals surface area contributed by atoms with E-state index in [0.29, 0.717) is 23.8 Å². The Kier molecular flexibility index (Phi) is 6.89. The maximum absolute atomic E-state index is 12.1. The molecule has 5 nitrogen and oxygen atoms in total. The Hall–Kier alpha value is -2.47. The Bertz CT molecular complexity index is 757. The van der Waals surface area contributed by atoms with Crippen molar-refractivity contribution in [1.29, 1.82) is 0 Å². The van der Waals surface area contributed by atoms with Gasteiger partial charge in [0.15, 0.2) is 11.5 Å². The summed E-state index contributed by atoms with van der Waals surface area (Å²) in [6.45, 7) is 2.53. The second-order valence-corrected chi connectivity index (χ2v) is 5.87. The fraction of sp³-hybridized carbons (Fsp3) is 0.211. The van der Waals surface area contributed by atoms with Gasteiger partial charge in [0, 0.05) is 11.8 Å². The largest absolute Gasteiger partial charge is 0.494 e. The van der Waals surface area contributed by atoms with Gasteiger partial charge in [-0.2, -0.15) is 0 Å². The van der Waals surface area contributed by atoms with Crippen LogP contribution in [0.5, 0.6) is 17.2 Å². The molecule has 2 rings (SSSR count). The molecule has 0 unspecified atom stereocenters. The highest BCUT2D eigenvalue weighted by Gasteiger charge is 2.09. The maximum Gasteiger partial charge on any atom is 0.248 e. The quantitative estimate of drug-likeness (QED) is 0.688. The van der Waals surface area contributed by atoms with Gasteiger partial charge in [0.1, 0.15) is 5.75 Å². The SMILES string of the molecule is CCOc1ccc(NC(=O)/C=C/c2cc(Br)c(OC)c(OC)c2)cc1. The molecule has 6 heteroatoms. The van der Waals surface area contributed by atoms with Crippen molar-refractivity contribution >= 4 is 33.6 Å². The zero-order valence-electron chi connectivity index (χ0n) is 14.3. The van der Waals surface area contributed by atoms with Crippen LogP contribution in [0.4, 0.5) is 5.69 Å². The number of amides is 1. The predicted molar refractivity (Wildman–Crippen MR) is 103 cm³/mol. The van der Waals surface area contributed by atoms with Gasteiger partial charge in [0.05, 0.1) is 25.3 Å². The van der Waals surface area contributed by atoms with Crippen LogP contribution in [0.3, 0.4) is 0 Å². The van der Waals surface area contributed by atoms with E-state index in [1.165, 1.54) is 6.08 Å². The molecule has 1 N–H and O–H groups in total. The molecule has 25 heavy (non-hydrogen) atoms. The molecule has 0 radical (unpaired) electrons. The van der Waals surface area contributed by atoms with E-state index in [1.807, 2.05) is 25.1 Å². The lowest BCUT2D eigenvalue weighted by Crippen LogP contribution is -2.07. The number of carbonyl (C=O) groups excluding carboxylic acids is 1. The van der Waals surface area contributed by atoms with Crippen LogP contribution in [-0.2, 0) is 4.79 Å². The van der Waals surface area contributed by atoms with Crippen LogP contribution >= 0.6 is 15.9 Å². The summed E-state index contributed by atoms with van der Waals surface area (Å²) in [5, 5.41) is 2.80. The standard InChI is InChI=1S/C19H20BrNO4/c1-4-25-15-8-6-14(7-9-15)21-18(22)10-5-13-11-16(20)19(24-3)17(12-13)23-2/h5-12H,4H2,1-3H3,(H,21,22)/b10-5+. The number of methoxy groups -OCH3 is 2. The predicted octanol–water partition coefficient (Wildman–Crippen LogP) is 4.52. The topological polar surface area (TPSA) is 56.8 Å². The average Bonchev–Trinajstić information content (AvgIpc) is 2.61. The van der Waals surface area contributed by atoms with Crippen molar-refractivity contribution < 1.29 is 19.0 Å². The van der Waals surface area contributed by atoms with Gasteiger partial charge >= 0.3 is 0 Å². The van der Waals surface area contributed by atoms with Crippen molar-refractivity contribution in [3.63, 3.8) is 0 Å². The van der Waals surface area contributed by atoms with E-state index < -0.39 is 0 Å². The Morgan fingerprint density at radius 1 is 1.16 bits per heavy atom. The molecule has 0 saturated carbocycles. The number of nitrogens with one attached hydrogen (secondary N) is 1. The second kappa shape index (κ2) is 9.13. The molecule has 0 atom stereocenters. The monoisotopic (exact) mass is 405 g/mol. The molecule has 132 valence electrons. The van der Waals surface area contributed by atoms with E-state index >= 15 is 0 Å². The Morgan fingerprint density at radius 3 is 2.48 bits per heavy atom. The number of ether oxygens (including phenoxy) is 3. The Labute approximate surface area is 155 Å². The molecular formula is C19H20BrNO4. The van der Waals surface area contributed by atoms with Crippen molar-refractivity contribution in [2.75, 3.05) is 26.1 Å². The highest BCUT2D eigenvalue weighted by Crippen LogP contribution is 2.36. The summed E-state index contributed by atoms with van der Waals surface area (Å²) in [5.74, 6) is 1.74. The van der Waals surface area contributed by atoms with Gasteiger partial charge in [-0.15, -0.1) is 0 Å². The normalized spacial score (nSPS) is 10.6. The Balaban J connectivity index is 2.06. The van der Waals surface area contributed by atoms with Gasteiger partial charge in [-0.05, 0) is 70.9 Å². The lowest BCUT2D eigenvalue weighted by atomic mass is 10.2. The van der Waals surface area contributed by atoms with Gasteiger partial charge in [0.2, 0.25) is 5.91 Å². The van der Waals surface area contributed by atoms with Crippen molar-refractivity contribution in [2.45, 2.75) is 6.92 Å². The molecule has 0 fully saturated rings. The number of halogens is 1. The first-order valence-corrected chi connectivity index (χ1v) is 8.50. The molecule has 2 aromatic carbocycles. The van der Waals surface area contributed by atoms with E-state index in [0.717, 1.165) is 15.8 Å². The molecule has 1 amide bonds. The summed E-state index contributed by atoms with van der Waals surface area (Å²) >= 11 is 3.43. The van der Waals surface area contributed by atoms with Gasteiger partial charge in [-0.25, -0.2) is 0 Å². The summed E-state index contributed by atoms with van der Waals surface area (Å²) in [5.41, 5.74) is 1.51. The molecular weight excluding hydrogens is 386 g/mol. The minimum Gasteiger partial charge on any atom is -0.494 e. The van der Waals surface area contributed by atoms with E-state index in [4.69, 9.17) is 14.2 Å². The molecule has 2 aromatic rings. The summed E-state index contributed by atoms with van der Waals surface area (Å²) in [6, 6.07) is 10.9. The lowest BCUT2D eigenvalue weighted by molar-refractivity contribution is -0.111. The number of anilines is 1. The zero-order chi connectivity index (χ0) is 18.2. The Morgan fingerprint density at radius 2 is 1.88 bits per heavy atom. The van der Waals surface area contributed by atoms with E-state index in [-0.39, 0.29) is 5.91 Å². The summed E-state index contributed by atoms with van der Waals surface area (Å²) in [4.78, 5) is 12.1. The average molecular weight is 406 g/mol. The van der Waals surface area contributed by atoms with Gasteiger partial charge in [-0.3, -0.25) is 4.79 Å². The van der Waals surface area contributed by atoms with Crippen molar-refractivity contribution in [3.8, 4) is 17.2 Å². The van der Waals surface area contributed by atoms with Crippen molar-refractivity contribution in [2.24, 2.45) is 0 Å². The summed E-state index contributed by atoms with van der Waals surface area (Å²) in [7, 11) is 3.14. The third-order valence-electron chi connectivity index (χ3n) is 3.32. The van der Waals surface area contributed by atoms with E-state index in [9.17, 15) is 4.79 Å². The third kappa shape index (κ3) is 5.26. The third-order valence-corrected chi connectivity index (χ3v) is 3.90. The fourth-order valence-electron chi connectivity index (χ4n) is 2.19. The van der Waals surface area contributed by atoms with Crippen LogP contribution in [0, 0.1) is 0 Å². The van der Waals surface area contributed by atoms with Gasteiger partial charge in [0.25, 0.3) is 0 Å². The molecule has 0 aliphatic heterocycles. The molecule has 0 spiro atoms. The van der Waals surface area contributed by atoms with Crippen LogP contribution in [0.2, 0.25) is 0 Å². The number of carbonyl (C=O) groups is 1. The first-order valence-electron chi connectivity index (χ1n) is 7.70. The summed E-state index contributed by atoms with van der Waals surface area (Å²) < 4.78 is 16.7. The molecule has 0 heterocycles. The molecule has 0 saturated heterocycles. The fourth-order valence-corrected chi connectivity index (χ4v) is 2.81. The van der Waals surface area contributed by atoms with Crippen LogP contribution < -0.4 is 19.5 Å². The highest BCUT2D eigenvalue weighted by atomic mass is 79.9. The molecule has 0 bridgehead atoms. The first-order chi connectivity index (χ1) is 12.1. The molecule has 0 aliphatic rings. The molecule has 0 aliphatic carbocycles. The van der Waals surface area contributed by atoms with Crippen molar-refractivity contribution in [1.82, 2.24) is 0 Å². The van der Waals surface area contributed by atoms with Crippen molar-refractivity contribution in [3.05, 3.63) is 52.5 Å². The maximum atomic E-state index is 12.1. The van der Waals surface area contributed by atoms with E-state index in [2.05, 4.69) is 21.2 Å². The van der Waals surface area contributed by atoms with Crippen LogP contribution in [-0.4, -0.2) is 26.7 Å². The van der Waals surface area contributed by atoms with Gasteiger partial charge in [-0.1, -0.05) is 0 Å². The second-order valence-electron chi connectivity index (χ2n) is 5.02. The van der Waals surface area contributed by atoms with E-state index in [1.54, 1.807) is 38.5 Å². The number of hydrogen-bond donors (Lipinski definition) is 1. The van der Waals surface area contributed by atoms with Crippen LogP contribution in [0.25, 0.3) is 6.08 Å². The van der Waals surface area contributed by atoms with Crippen LogP contribution in [0.15, 0.2) is 46.9 Å². The molecule has 0 aromatic heterocycles. The number of benzene rings is 2. The lowest BCUT2D eigenvalue weighted by Gasteiger charge is -2.10. The highest BCUT2D eigenvalue weighted by molar-refractivity contribution is 9.10. The van der Waals surface area contributed by atoms with Gasteiger partial charge < -0.3 is 19.5 Å². The smallest absolute Gasteiger partial charge is 0.248 e. The first kappa shape index (κ1) is 18.9. The number of rotatable bonds is 7. The minimum atomic E-state index is -0.227.